The molecule has 1 heterocycles. The topological polar surface area (TPSA) is 115 Å². The van der Waals surface area contributed by atoms with Crippen LogP contribution < -0.4 is 16.5 Å². The number of nitrogens with two attached hydrogens (primary N) is 1. The summed E-state index contributed by atoms with van der Waals surface area (Å²) in [5, 5.41) is 23.5. The van der Waals surface area contributed by atoms with Gasteiger partial charge in [-0.05, 0) is 42.5 Å². The van der Waals surface area contributed by atoms with Crippen LogP contribution in [0.5, 0.6) is 0 Å². The molecule has 1 aliphatic carbocycles. The van der Waals surface area contributed by atoms with E-state index in [1.807, 2.05) is 54.6 Å². The van der Waals surface area contributed by atoms with E-state index in [0.717, 1.165) is 39.7 Å². The summed E-state index contributed by atoms with van der Waals surface area (Å²) in [4.78, 5) is 0. The van der Waals surface area contributed by atoms with Gasteiger partial charge in [-0.1, -0.05) is 48.0 Å². The number of benzene rings is 2. The van der Waals surface area contributed by atoms with E-state index >= 15 is 0 Å². The summed E-state index contributed by atoms with van der Waals surface area (Å²) >= 11 is 6.42. The molecule has 0 saturated heterocycles. The Morgan fingerprint density at radius 1 is 1.14 bits per heavy atom. The molecule has 0 radical (unpaired) electrons. The average Bonchev–Trinajstić information content (AvgIpc) is 3.10. The Morgan fingerprint density at radius 3 is 2.59 bits per heavy atom. The van der Waals surface area contributed by atoms with Gasteiger partial charge in [-0.15, -0.1) is 12.4 Å². The second kappa shape index (κ2) is 8.98. The summed E-state index contributed by atoms with van der Waals surface area (Å²) in [5.74, 6) is 0.636. The molecule has 0 spiro atoms. The van der Waals surface area contributed by atoms with Crippen LogP contribution in [0.3, 0.4) is 0 Å². The Labute approximate surface area is 179 Å². The molecular formula is C20H21Cl2N7. The van der Waals surface area contributed by atoms with E-state index < -0.39 is 0 Å². The molecule has 1 aliphatic rings. The molecule has 3 aromatic rings. The van der Waals surface area contributed by atoms with E-state index in [-0.39, 0.29) is 24.3 Å². The monoisotopic (exact) mass is 429 g/mol. The zero-order valence-corrected chi connectivity index (χ0v) is 17.0. The average molecular weight is 430 g/mol. The standard InChI is InChI=1S/C20H20ClN7.ClH/c21-15-9-5-4-8-14(15)12-10-16-18(17(11-12)26-28-20(22)23)19(27-25-16)24-13-6-2-1-3-7-13;/h1-9,12H,10-11H2,(H4,22,23,28)(H2,24,25,27);1H/b26-17-;. The number of nitrogens with zero attached hydrogens (tertiary/aromatic N) is 2. The number of aromatic amines is 1. The maximum atomic E-state index is 7.44. The number of halogens is 2. The van der Waals surface area contributed by atoms with Crippen LogP contribution >= 0.6 is 24.0 Å². The normalized spacial score (nSPS) is 16.6. The third kappa shape index (κ3) is 4.52. The first-order valence-electron chi connectivity index (χ1n) is 8.92. The van der Waals surface area contributed by atoms with Crippen molar-refractivity contribution in [3.05, 3.63) is 76.4 Å². The Hall–Kier alpha value is -3.03. The zero-order valence-electron chi connectivity index (χ0n) is 15.4. The van der Waals surface area contributed by atoms with E-state index in [1.54, 1.807) is 0 Å². The van der Waals surface area contributed by atoms with Crippen LogP contribution in [0.15, 0.2) is 59.7 Å². The molecule has 150 valence electrons. The van der Waals surface area contributed by atoms with Crippen molar-refractivity contribution >= 4 is 47.2 Å². The van der Waals surface area contributed by atoms with Gasteiger partial charge in [0.15, 0.2) is 5.82 Å². The number of aromatic nitrogens is 2. The molecule has 0 saturated carbocycles. The minimum atomic E-state index is -0.213. The molecule has 29 heavy (non-hydrogen) atoms. The molecule has 6 N–H and O–H groups in total. The first kappa shape index (κ1) is 20.7. The van der Waals surface area contributed by atoms with Crippen molar-refractivity contribution in [2.24, 2.45) is 10.8 Å². The van der Waals surface area contributed by atoms with Crippen LogP contribution in [0.2, 0.25) is 5.02 Å². The number of guanidine groups is 1. The number of hydrogen-bond acceptors (Lipinski definition) is 4. The minimum Gasteiger partial charge on any atom is -0.369 e. The van der Waals surface area contributed by atoms with Gasteiger partial charge < -0.3 is 11.1 Å². The van der Waals surface area contributed by atoms with Gasteiger partial charge in [0.05, 0.1) is 11.3 Å². The molecule has 4 rings (SSSR count). The predicted molar refractivity (Wildman–Crippen MR) is 120 cm³/mol. The molecule has 2 aromatic carbocycles. The second-order valence-corrected chi connectivity index (χ2v) is 7.03. The van der Waals surface area contributed by atoms with Crippen LogP contribution in [-0.4, -0.2) is 21.9 Å². The molecule has 0 aliphatic heterocycles. The Morgan fingerprint density at radius 2 is 1.86 bits per heavy atom. The summed E-state index contributed by atoms with van der Waals surface area (Å²) < 4.78 is 0. The fourth-order valence-electron chi connectivity index (χ4n) is 3.49. The highest BCUT2D eigenvalue weighted by Gasteiger charge is 2.30. The van der Waals surface area contributed by atoms with Crippen molar-refractivity contribution in [1.29, 1.82) is 5.41 Å². The van der Waals surface area contributed by atoms with Crippen molar-refractivity contribution in [2.75, 3.05) is 5.32 Å². The number of para-hydroxylation sites is 1. The highest BCUT2D eigenvalue weighted by Crippen LogP contribution is 2.38. The summed E-state index contributed by atoms with van der Waals surface area (Å²) in [5.41, 5.74) is 12.7. The predicted octanol–water partition coefficient (Wildman–Crippen LogP) is 4.15. The van der Waals surface area contributed by atoms with Crippen molar-refractivity contribution in [3.63, 3.8) is 0 Å². The van der Waals surface area contributed by atoms with Crippen LogP contribution in [0.25, 0.3) is 0 Å². The maximum Gasteiger partial charge on any atom is 0.206 e. The maximum absolute atomic E-state index is 7.44. The second-order valence-electron chi connectivity index (χ2n) is 6.63. The van der Waals surface area contributed by atoms with E-state index in [1.165, 1.54) is 0 Å². The summed E-state index contributed by atoms with van der Waals surface area (Å²) in [7, 11) is 0. The molecule has 1 atom stereocenters. The third-order valence-electron chi connectivity index (χ3n) is 4.71. The van der Waals surface area contributed by atoms with Gasteiger partial charge >= 0.3 is 0 Å². The van der Waals surface area contributed by atoms with Gasteiger partial charge in [0.25, 0.3) is 0 Å². The number of H-pyrrole nitrogens is 1. The SMILES string of the molecule is Cl.N=C(N)N/N=C1/CC(c2ccccc2Cl)Cc2[nH]nc(Nc3ccccc3)c21. The van der Waals surface area contributed by atoms with Gasteiger partial charge in [-0.2, -0.15) is 10.2 Å². The molecular weight excluding hydrogens is 409 g/mol. The quantitative estimate of drug-likeness (QED) is 0.243. The largest absolute Gasteiger partial charge is 0.369 e. The van der Waals surface area contributed by atoms with Gasteiger partial charge in [-0.25, -0.2) is 5.43 Å². The van der Waals surface area contributed by atoms with E-state index in [9.17, 15) is 0 Å². The van der Waals surface area contributed by atoms with Crippen LogP contribution in [0.1, 0.15) is 29.2 Å². The molecule has 1 aromatic heterocycles. The summed E-state index contributed by atoms with van der Waals surface area (Å²) in [6.45, 7) is 0. The summed E-state index contributed by atoms with van der Waals surface area (Å²) in [6, 6.07) is 17.7. The zero-order chi connectivity index (χ0) is 19.5. The first-order chi connectivity index (χ1) is 13.6. The van der Waals surface area contributed by atoms with Crippen molar-refractivity contribution < 1.29 is 0 Å². The van der Waals surface area contributed by atoms with Crippen LogP contribution in [-0.2, 0) is 6.42 Å². The molecule has 1 unspecified atom stereocenters. The van der Waals surface area contributed by atoms with Gasteiger partial charge in [0, 0.05) is 16.4 Å². The highest BCUT2D eigenvalue weighted by atomic mass is 35.5. The first-order valence-corrected chi connectivity index (χ1v) is 9.30. The lowest BCUT2D eigenvalue weighted by Crippen LogP contribution is -2.29. The van der Waals surface area contributed by atoms with E-state index in [4.69, 9.17) is 22.7 Å². The summed E-state index contributed by atoms with van der Waals surface area (Å²) in [6.07, 6.45) is 1.42. The molecule has 0 amide bonds. The Balaban J connectivity index is 0.00000240. The van der Waals surface area contributed by atoms with Crippen molar-refractivity contribution in [2.45, 2.75) is 18.8 Å². The van der Waals surface area contributed by atoms with E-state index in [2.05, 4.69) is 26.0 Å². The lowest BCUT2D eigenvalue weighted by molar-refractivity contribution is 0.677. The number of nitrogens with one attached hydrogen (secondary N) is 4. The Bertz CT molecular complexity index is 1030. The highest BCUT2D eigenvalue weighted by molar-refractivity contribution is 6.31. The van der Waals surface area contributed by atoms with Crippen LogP contribution in [0, 0.1) is 5.41 Å². The molecule has 7 nitrogen and oxygen atoms in total. The van der Waals surface area contributed by atoms with Gasteiger partial charge in [0.1, 0.15) is 0 Å². The smallest absolute Gasteiger partial charge is 0.206 e. The van der Waals surface area contributed by atoms with Gasteiger partial charge in [-0.3, -0.25) is 10.5 Å². The molecule has 0 bridgehead atoms. The third-order valence-corrected chi connectivity index (χ3v) is 5.06. The number of fused-ring (bicyclic) bond motifs is 1. The lowest BCUT2D eigenvalue weighted by atomic mass is 9.81. The molecule has 0 fully saturated rings. The molecule has 9 heteroatoms. The van der Waals surface area contributed by atoms with Crippen molar-refractivity contribution in [3.8, 4) is 0 Å². The Kier molecular flexibility index (Phi) is 6.41. The minimum absolute atomic E-state index is 0. The number of hydrazone groups is 1. The fourth-order valence-corrected chi connectivity index (χ4v) is 3.78. The number of rotatable bonds is 4. The number of anilines is 2. The van der Waals surface area contributed by atoms with Crippen molar-refractivity contribution in [1.82, 2.24) is 15.6 Å². The van der Waals surface area contributed by atoms with Gasteiger partial charge in [0.2, 0.25) is 5.96 Å². The lowest BCUT2D eigenvalue weighted by Gasteiger charge is -2.25. The van der Waals surface area contributed by atoms with E-state index in [0.29, 0.717) is 12.2 Å². The fraction of sp³-hybridized carbons (Fsp3) is 0.150. The van der Waals surface area contributed by atoms with Crippen LogP contribution in [0.4, 0.5) is 11.5 Å². The number of hydrogen-bond donors (Lipinski definition) is 5.